The monoisotopic (exact) mass is 267 g/mol. The van der Waals surface area contributed by atoms with E-state index in [4.69, 9.17) is 0 Å². The first-order valence-electron chi connectivity index (χ1n) is 6.35. The van der Waals surface area contributed by atoms with Crippen molar-refractivity contribution in [2.45, 2.75) is 6.54 Å². The van der Waals surface area contributed by atoms with Gasteiger partial charge in [-0.1, -0.05) is 18.2 Å². The molecule has 0 unspecified atom stereocenters. The molecule has 4 nitrogen and oxygen atoms in total. The summed E-state index contributed by atoms with van der Waals surface area (Å²) < 4.78 is 13.6. The Balaban J connectivity index is 2.73. The second kappa shape index (κ2) is 7.86. The first-order valence-corrected chi connectivity index (χ1v) is 6.35. The Kier molecular flexibility index (Phi) is 6.45. The molecule has 0 aliphatic rings. The molecule has 106 valence electrons. The molecule has 0 fully saturated rings. The van der Waals surface area contributed by atoms with Crippen molar-refractivity contribution >= 4 is 5.91 Å². The number of likely N-dealkylation sites (N-methyl/N-ethyl adjacent to an activating group) is 2. The maximum atomic E-state index is 13.6. The van der Waals surface area contributed by atoms with Gasteiger partial charge >= 0.3 is 0 Å². The number of halogens is 1. The fourth-order valence-electron chi connectivity index (χ4n) is 1.71. The molecule has 1 rings (SSSR count). The fourth-order valence-corrected chi connectivity index (χ4v) is 1.71. The highest BCUT2D eigenvalue weighted by molar-refractivity contribution is 5.78. The summed E-state index contributed by atoms with van der Waals surface area (Å²) in [4.78, 5) is 15.7. The molecule has 0 aromatic heterocycles. The average molecular weight is 267 g/mol. The van der Waals surface area contributed by atoms with Gasteiger partial charge in [-0.25, -0.2) is 4.39 Å². The van der Waals surface area contributed by atoms with Gasteiger partial charge in [-0.05, 0) is 27.2 Å². The number of hydrogen-bond donors (Lipinski definition) is 1. The molecule has 0 saturated carbocycles. The molecule has 0 aliphatic carbocycles. The van der Waals surface area contributed by atoms with Crippen LogP contribution in [0.1, 0.15) is 5.56 Å². The number of rotatable bonds is 7. The van der Waals surface area contributed by atoms with Gasteiger partial charge in [0.05, 0.1) is 6.54 Å². The van der Waals surface area contributed by atoms with Crippen LogP contribution >= 0.6 is 0 Å². The van der Waals surface area contributed by atoms with Gasteiger partial charge in [-0.3, -0.25) is 4.79 Å². The standard InChI is InChI=1S/C14H22FN3O/c1-16-10-14(19)18(9-8-17(2)3)11-12-6-4-5-7-13(12)15/h4-7,16H,8-11H2,1-3H3. The molecular weight excluding hydrogens is 245 g/mol. The van der Waals surface area contributed by atoms with E-state index in [0.29, 0.717) is 18.7 Å². The Morgan fingerprint density at radius 3 is 2.53 bits per heavy atom. The van der Waals surface area contributed by atoms with Crippen molar-refractivity contribution in [1.29, 1.82) is 0 Å². The molecule has 0 aliphatic heterocycles. The predicted molar refractivity (Wildman–Crippen MR) is 74.3 cm³/mol. The quantitative estimate of drug-likeness (QED) is 0.798. The lowest BCUT2D eigenvalue weighted by atomic mass is 10.2. The third kappa shape index (κ3) is 5.36. The highest BCUT2D eigenvalue weighted by Gasteiger charge is 2.15. The SMILES string of the molecule is CNCC(=O)N(CCN(C)C)Cc1ccccc1F. The number of nitrogens with one attached hydrogen (secondary N) is 1. The van der Waals surface area contributed by atoms with Crippen LogP contribution in [0.4, 0.5) is 4.39 Å². The van der Waals surface area contributed by atoms with Crippen molar-refractivity contribution in [2.24, 2.45) is 0 Å². The predicted octanol–water partition coefficient (Wildman–Crippen LogP) is 0.935. The summed E-state index contributed by atoms with van der Waals surface area (Å²) in [7, 11) is 5.62. The number of carbonyl (C=O) groups is 1. The van der Waals surface area contributed by atoms with Gasteiger partial charge in [0.1, 0.15) is 5.82 Å². The molecule has 0 atom stereocenters. The van der Waals surface area contributed by atoms with Gasteiger partial charge in [0.2, 0.25) is 5.91 Å². The molecule has 0 saturated heterocycles. The Morgan fingerprint density at radius 1 is 1.26 bits per heavy atom. The molecule has 0 spiro atoms. The molecule has 1 N–H and O–H groups in total. The third-order valence-electron chi connectivity index (χ3n) is 2.82. The fraction of sp³-hybridized carbons (Fsp3) is 0.500. The van der Waals surface area contributed by atoms with Crippen LogP contribution in [0.15, 0.2) is 24.3 Å². The van der Waals surface area contributed by atoms with Crippen LogP contribution in [0.2, 0.25) is 0 Å². The maximum absolute atomic E-state index is 13.6. The van der Waals surface area contributed by atoms with Crippen molar-refractivity contribution < 1.29 is 9.18 Å². The van der Waals surface area contributed by atoms with E-state index in [2.05, 4.69) is 5.32 Å². The zero-order valence-electron chi connectivity index (χ0n) is 11.8. The van der Waals surface area contributed by atoms with E-state index in [1.807, 2.05) is 19.0 Å². The largest absolute Gasteiger partial charge is 0.336 e. The lowest BCUT2D eigenvalue weighted by molar-refractivity contribution is -0.130. The summed E-state index contributed by atoms with van der Waals surface area (Å²) in [5.74, 6) is -0.290. The minimum Gasteiger partial charge on any atom is -0.336 e. The summed E-state index contributed by atoms with van der Waals surface area (Å²) >= 11 is 0. The molecule has 1 aromatic carbocycles. The summed E-state index contributed by atoms with van der Waals surface area (Å²) in [6.45, 7) is 1.91. The van der Waals surface area contributed by atoms with Crippen LogP contribution < -0.4 is 5.32 Å². The van der Waals surface area contributed by atoms with Gasteiger partial charge in [0, 0.05) is 25.2 Å². The molecule has 1 amide bonds. The van der Waals surface area contributed by atoms with Crippen LogP contribution in [0.5, 0.6) is 0 Å². The highest BCUT2D eigenvalue weighted by Crippen LogP contribution is 2.10. The summed E-state index contributed by atoms with van der Waals surface area (Å²) in [6.07, 6.45) is 0. The smallest absolute Gasteiger partial charge is 0.236 e. The Hall–Kier alpha value is -1.46. The lowest BCUT2D eigenvalue weighted by Crippen LogP contribution is -2.40. The van der Waals surface area contributed by atoms with Crippen LogP contribution in [0.25, 0.3) is 0 Å². The normalized spacial score (nSPS) is 10.8. The van der Waals surface area contributed by atoms with Gasteiger partial charge in [-0.2, -0.15) is 0 Å². The Bertz CT molecular complexity index is 409. The van der Waals surface area contributed by atoms with E-state index in [0.717, 1.165) is 6.54 Å². The lowest BCUT2D eigenvalue weighted by Gasteiger charge is -2.24. The Labute approximate surface area is 114 Å². The van der Waals surface area contributed by atoms with E-state index in [-0.39, 0.29) is 18.3 Å². The Morgan fingerprint density at radius 2 is 1.95 bits per heavy atom. The minimum atomic E-state index is -0.269. The van der Waals surface area contributed by atoms with Crippen molar-refractivity contribution in [1.82, 2.24) is 15.1 Å². The maximum Gasteiger partial charge on any atom is 0.236 e. The van der Waals surface area contributed by atoms with E-state index in [9.17, 15) is 9.18 Å². The summed E-state index contributed by atoms with van der Waals surface area (Å²) in [5, 5.41) is 2.84. The van der Waals surface area contributed by atoms with E-state index in [1.165, 1.54) is 6.07 Å². The van der Waals surface area contributed by atoms with Crippen molar-refractivity contribution in [3.8, 4) is 0 Å². The molecule has 0 radical (unpaired) electrons. The summed E-state index contributed by atoms with van der Waals surface area (Å²) in [5.41, 5.74) is 0.547. The van der Waals surface area contributed by atoms with Gasteiger partial charge in [0.25, 0.3) is 0 Å². The van der Waals surface area contributed by atoms with Gasteiger partial charge in [0.15, 0.2) is 0 Å². The highest BCUT2D eigenvalue weighted by atomic mass is 19.1. The van der Waals surface area contributed by atoms with Crippen molar-refractivity contribution in [3.05, 3.63) is 35.6 Å². The van der Waals surface area contributed by atoms with E-state index >= 15 is 0 Å². The second-order valence-corrected chi connectivity index (χ2v) is 4.74. The zero-order chi connectivity index (χ0) is 14.3. The first kappa shape index (κ1) is 15.6. The average Bonchev–Trinajstić information content (AvgIpc) is 2.36. The molecular formula is C14H22FN3O. The number of carbonyl (C=O) groups excluding carboxylic acids is 1. The van der Waals surface area contributed by atoms with Gasteiger partial charge < -0.3 is 15.1 Å². The number of benzene rings is 1. The number of hydrogen-bond acceptors (Lipinski definition) is 3. The molecule has 0 heterocycles. The van der Waals surface area contributed by atoms with Crippen molar-refractivity contribution in [3.63, 3.8) is 0 Å². The number of amides is 1. The van der Waals surface area contributed by atoms with E-state index in [1.54, 1.807) is 30.1 Å². The summed E-state index contributed by atoms with van der Waals surface area (Å²) in [6, 6.07) is 6.57. The first-order chi connectivity index (χ1) is 9.04. The number of nitrogens with zero attached hydrogens (tertiary/aromatic N) is 2. The zero-order valence-corrected chi connectivity index (χ0v) is 11.8. The molecule has 0 bridgehead atoms. The second-order valence-electron chi connectivity index (χ2n) is 4.74. The van der Waals surface area contributed by atoms with E-state index < -0.39 is 0 Å². The van der Waals surface area contributed by atoms with Crippen LogP contribution in [-0.2, 0) is 11.3 Å². The van der Waals surface area contributed by atoms with Crippen LogP contribution in [-0.4, -0.2) is 56.5 Å². The molecule has 1 aromatic rings. The topological polar surface area (TPSA) is 35.6 Å². The van der Waals surface area contributed by atoms with Crippen LogP contribution in [0.3, 0.4) is 0 Å². The minimum absolute atomic E-state index is 0.0207. The third-order valence-corrected chi connectivity index (χ3v) is 2.82. The van der Waals surface area contributed by atoms with Gasteiger partial charge in [-0.15, -0.1) is 0 Å². The van der Waals surface area contributed by atoms with Crippen LogP contribution in [0, 0.1) is 5.82 Å². The molecule has 5 heteroatoms. The van der Waals surface area contributed by atoms with Crippen molar-refractivity contribution in [2.75, 3.05) is 40.8 Å². The molecule has 19 heavy (non-hydrogen) atoms.